The molecule has 26 heavy (non-hydrogen) atoms. The van der Waals surface area contributed by atoms with E-state index in [1.165, 1.54) is 0 Å². The number of rotatable bonds is 5. The van der Waals surface area contributed by atoms with Crippen molar-refractivity contribution in [3.05, 3.63) is 23.2 Å². The Bertz CT molecular complexity index is 835. The summed E-state index contributed by atoms with van der Waals surface area (Å²) < 4.78 is 1.07. The molecule has 2 amide bonds. The van der Waals surface area contributed by atoms with Crippen molar-refractivity contribution in [2.75, 3.05) is 5.32 Å². The molecule has 0 spiro atoms. The van der Waals surface area contributed by atoms with Gasteiger partial charge in [-0.15, -0.1) is 11.3 Å². The number of benzene rings is 1. The van der Waals surface area contributed by atoms with Crippen LogP contribution in [0.4, 0.5) is 5.69 Å². The van der Waals surface area contributed by atoms with Gasteiger partial charge < -0.3 is 10.6 Å². The van der Waals surface area contributed by atoms with Crippen molar-refractivity contribution in [2.24, 2.45) is 5.41 Å². The zero-order chi connectivity index (χ0) is 18.1. The molecule has 0 atom stereocenters. The van der Waals surface area contributed by atoms with Gasteiger partial charge in [-0.3, -0.25) is 9.59 Å². The summed E-state index contributed by atoms with van der Waals surface area (Å²) in [6.45, 7) is 1.98. The van der Waals surface area contributed by atoms with E-state index in [0.717, 1.165) is 65.9 Å². The van der Waals surface area contributed by atoms with Gasteiger partial charge in [-0.1, -0.05) is 19.3 Å². The van der Waals surface area contributed by atoms with Gasteiger partial charge in [0, 0.05) is 18.2 Å². The van der Waals surface area contributed by atoms with Crippen molar-refractivity contribution in [1.82, 2.24) is 10.3 Å². The molecule has 2 aliphatic carbocycles. The zero-order valence-corrected chi connectivity index (χ0v) is 16.0. The highest BCUT2D eigenvalue weighted by atomic mass is 32.1. The van der Waals surface area contributed by atoms with Crippen molar-refractivity contribution >= 4 is 39.1 Å². The predicted molar refractivity (Wildman–Crippen MR) is 104 cm³/mol. The first kappa shape index (κ1) is 17.5. The molecule has 0 radical (unpaired) electrons. The third-order valence-electron chi connectivity index (χ3n) is 5.49. The molecule has 0 bridgehead atoms. The minimum Gasteiger partial charge on any atom is -0.353 e. The molecule has 0 unspecified atom stereocenters. The largest absolute Gasteiger partial charge is 0.353 e. The number of aryl methyl sites for hydroxylation is 1. The molecule has 2 saturated carbocycles. The fraction of sp³-hybridized carbons (Fsp3) is 0.550. The van der Waals surface area contributed by atoms with E-state index in [4.69, 9.17) is 0 Å². The van der Waals surface area contributed by atoms with Gasteiger partial charge in [-0.25, -0.2) is 4.98 Å². The smallest absolute Gasteiger partial charge is 0.231 e. The molecule has 1 heterocycles. The summed E-state index contributed by atoms with van der Waals surface area (Å²) in [5.41, 5.74) is 1.18. The number of aromatic nitrogens is 1. The third kappa shape index (κ3) is 3.75. The lowest BCUT2D eigenvalue weighted by molar-refractivity contribution is -0.134. The topological polar surface area (TPSA) is 71.1 Å². The number of anilines is 1. The lowest BCUT2D eigenvalue weighted by atomic mass is 9.71. The zero-order valence-electron chi connectivity index (χ0n) is 15.1. The number of carbonyl (C=O) groups is 2. The Morgan fingerprint density at radius 3 is 2.73 bits per heavy atom. The number of nitrogens with one attached hydrogen (secondary N) is 2. The Morgan fingerprint density at radius 1 is 1.23 bits per heavy atom. The van der Waals surface area contributed by atoms with Gasteiger partial charge in [0.1, 0.15) is 0 Å². The van der Waals surface area contributed by atoms with E-state index < -0.39 is 5.41 Å². The number of thiazole rings is 1. The lowest BCUT2D eigenvalue weighted by Crippen LogP contribution is -2.42. The van der Waals surface area contributed by atoms with Crippen molar-refractivity contribution < 1.29 is 9.59 Å². The van der Waals surface area contributed by atoms with Gasteiger partial charge in [-0.2, -0.15) is 0 Å². The maximum atomic E-state index is 13.2. The van der Waals surface area contributed by atoms with E-state index in [1.807, 2.05) is 25.1 Å². The summed E-state index contributed by atoms with van der Waals surface area (Å²) in [7, 11) is 0. The maximum Gasteiger partial charge on any atom is 0.231 e. The fourth-order valence-electron chi connectivity index (χ4n) is 3.91. The minimum absolute atomic E-state index is 0.0104. The van der Waals surface area contributed by atoms with E-state index in [0.29, 0.717) is 12.5 Å². The molecule has 5 nitrogen and oxygen atoms in total. The van der Waals surface area contributed by atoms with Gasteiger partial charge in [0.05, 0.1) is 20.6 Å². The second-order valence-electron chi connectivity index (χ2n) is 7.73. The van der Waals surface area contributed by atoms with Crippen molar-refractivity contribution in [3.8, 4) is 0 Å². The van der Waals surface area contributed by atoms with E-state index in [1.54, 1.807) is 11.3 Å². The molecule has 4 rings (SSSR count). The maximum absolute atomic E-state index is 13.2. The van der Waals surface area contributed by atoms with Crippen LogP contribution in [0.15, 0.2) is 18.2 Å². The summed E-state index contributed by atoms with van der Waals surface area (Å²) in [5, 5.41) is 7.15. The molecular weight excluding hydrogens is 346 g/mol. The second-order valence-corrected chi connectivity index (χ2v) is 8.96. The first-order valence-electron chi connectivity index (χ1n) is 9.52. The first-order chi connectivity index (χ1) is 12.5. The molecule has 2 N–H and O–H groups in total. The van der Waals surface area contributed by atoms with Gasteiger partial charge in [0.25, 0.3) is 0 Å². The van der Waals surface area contributed by atoms with E-state index >= 15 is 0 Å². The SMILES string of the molecule is Cc1nc2ccc(NC(=O)C3(CC(=O)NC4CC4)CCCCC3)cc2s1. The fourth-order valence-corrected chi connectivity index (χ4v) is 4.77. The van der Waals surface area contributed by atoms with E-state index in [9.17, 15) is 9.59 Å². The van der Waals surface area contributed by atoms with E-state index in [-0.39, 0.29) is 11.8 Å². The first-order valence-corrected chi connectivity index (χ1v) is 10.3. The lowest BCUT2D eigenvalue weighted by Gasteiger charge is -2.35. The van der Waals surface area contributed by atoms with Crippen molar-refractivity contribution in [2.45, 2.75) is 64.3 Å². The second kappa shape index (κ2) is 6.99. The Balaban J connectivity index is 1.51. The number of hydrogen-bond acceptors (Lipinski definition) is 4. The molecule has 2 fully saturated rings. The summed E-state index contributed by atoms with van der Waals surface area (Å²) in [6, 6.07) is 6.17. The van der Waals surface area contributed by atoms with Gasteiger partial charge >= 0.3 is 0 Å². The van der Waals surface area contributed by atoms with Gasteiger partial charge in [0.15, 0.2) is 0 Å². The Hall–Kier alpha value is -1.95. The normalized spacial score (nSPS) is 19.3. The van der Waals surface area contributed by atoms with Crippen molar-refractivity contribution in [1.29, 1.82) is 0 Å². The van der Waals surface area contributed by atoms with Crippen LogP contribution in [-0.4, -0.2) is 22.8 Å². The Morgan fingerprint density at radius 2 is 2.00 bits per heavy atom. The standard InChI is InChI=1S/C20H25N3O2S/c1-13-21-16-8-7-15(11-17(16)26-13)23-19(25)20(9-3-2-4-10-20)12-18(24)22-14-5-6-14/h7-8,11,14H,2-6,9-10,12H2,1H3,(H,22,24)(H,23,25). The van der Waals surface area contributed by atoms with Crippen LogP contribution in [0.1, 0.15) is 56.4 Å². The molecule has 2 aliphatic rings. The van der Waals surface area contributed by atoms with Crippen molar-refractivity contribution in [3.63, 3.8) is 0 Å². The molecular formula is C20H25N3O2S. The third-order valence-corrected chi connectivity index (χ3v) is 6.42. The molecule has 1 aromatic carbocycles. The summed E-state index contributed by atoms with van der Waals surface area (Å²) in [5.74, 6) is 0.0156. The molecule has 6 heteroatoms. The molecule has 138 valence electrons. The molecule has 0 aliphatic heterocycles. The summed E-state index contributed by atoms with van der Waals surface area (Å²) >= 11 is 1.63. The highest BCUT2D eigenvalue weighted by Gasteiger charge is 2.42. The highest BCUT2D eigenvalue weighted by Crippen LogP contribution is 2.41. The van der Waals surface area contributed by atoms with Crippen LogP contribution in [-0.2, 0) is 9.59 Å². The predicted octanol–water partition coefficient (Wildman–Crippen LogP) is 4.16. The van der Waals surface area contributed by atoms with Crippen LogP contribution in [0.2, 0.25) is 0 Å². The average molecular weight is 372 g/mol. The quantitative estimate of drug-likeness (QED) is 0.829. The average Bonchev–Trinajstić information content (AvgIpc) is 3.33. The Kier molecular flexibility index (Phi) is 4.69. The van der Waals surface area contributed by atoms with Crippen LogP contribution in [0.25, 0.3) is 10.2 Å². The monoisotopic (exact) mass is 371 g/mol. The number of nitrogens with zero attached hydrogens (tertiary/aromatic N) is 1. The molecule has 0 saturated heterocycles. The van der Waals surface area contributed by atoms with Crippen LogP contribution in [0.3, 0.4) is 0 Å². The van der Waals surface area contributed by atoms with Gasteiger partial charge in [-0.05, 0) is 50.8 Å². The molecule has 1 aromatic heterocycles. The number of carbonyl (C=O) groups excluding carboxylic acids is 2. The van der Waals surface area contributed by atoms with Crippen LogP contribution in [0.5, 0.6) is 0 Å². The molecule has 2 aromatic rings. The Labute approximate surface area is 157 Å². The number of amides is 2. The van der Waals surface area contributed by atoms with Crippen LogP contribution < -0.4 is 10.6 Å². The summed E-state index contributed by atoms with van der Waals surface area (Å²) in [4.78, 5) is 30.0. The van der Waals surface area contributed by atoms with Crippen LogP contribution in [0, 0.1) is 12.3 Å². The summed E-state index contributed by atoms with van der Waals surface area (Å²) in [6.07, 6.45) is 7.19. The number of hydrogen-bond donors (Lipinski definition) is 2. The highest BCUT2D eigenvalue weighted by molar-refractivity contribution is 7.18. The number of fused-ring (bicyclic) bond motifs is 1. The van der Waals surface area contributed by atoms with Crippen LogP contribution >= 0.6 is 11.3 Å². The minimum atomic E-state index is -0.574. The van der Waals surface area contributed by atoms with E-state index in [2.05, 4.69) is 15.6 Å². The van der Waals surface area contributed by atoms with Gasteiger partial charge in [0.2, 0.25) is 11.8 Å².